The molecule has 3 atom stereocenters. The number of furan rings is 1. The number of aliphatic hydroxyl groups excluding tert-OH is 2. The van der Waals surface area contributed by atoms with Crippen LogP contribution in [-0.4, -0.2) is 21.4 Å². The predicted octanol–water partition coefficient (Wildman–Crippen LogP) is 4.46. The summed E-state index contributed by atoms with van der Waals surface area (Å²) in [5, 5.41) is 30.2. The third-order valence-electron chi connectivity index (χ3n) is 4.39. The number of benzene rings is 1. The van der Waals surface area contributed by atoms with Crippen molar-refractivity contribution in [2.75, 3.05) is 0 Å². The van der Waals surface area contributed by atoms with Crippen LogP contribution in [0.1, 0.15) is 43.6 Å². The smallest absolute Gasteiger partial charge is 0.132 e. The number of phenolic OH excluding ortho intramolecular Hbond substituents is 1. The SMILES string of the molecule is C=C[C@H]([C@H](O)CC/C(=C/c1ccc(O)cc1)CC)[C@H](O)c1ccco1. The molecule has 0 saturated carbocycles. The van der Waals surface area contributed by atoms with E-state index in [0.29, 0.717) is 18.6 Å². The summed E-state index contributed by atoms with van der Waals surface area (Å²) in [4.78, 5) is 0. The molecule has 1 aromatic heterocycles. The Morgan fingerprint density at radius 2 is 1.92 bits per heavy atom. The summed E-state index contributed by atoms with van der Waals surface area (Å²) in [6.07, 6.45) is 5.62. The molecule has 0 saturated heterocycles. The monoisotopic (exact) mass is 342 g/mol. The lowest BCUT2D eigenvalue weighted by Crippen LogP contribution is -2.25. The van der Waals surface area contributed by atoms with Crippen molar-refractivity contribution in [3.8, 4) is 5.75 Å². The molecule has 0 aliphatic rings. The maximum absolute atomic E-state index is 10.5. The number of phenols is 1. The first kappa shape index (κ1) is 19.0. The molecular formula is C21H26O4. The van der Waals surface area contributed by atoms with Gasteiger partial charge in [0, 0.05) is 5.92 Å². The quantitative estimate of drug-likeness (QED) is 0.588. The van der Waals surface area contributed by atoms with Gasteiger partial charge in [-0.3, -0.25) is 0 Å². The molecule has 0 fully saturated rings. The van der Waals surface area contributed by atoms with Gasteiger partial charge in [-0.2, -0.15) is 0 Å². The molecule has 0 bridgehead atoms. The van der Waals surface area contributed by atoms with Crippen molar-refractivity contribution in [1.29, 1.82) is 0 Å². The second-order valence-corrected chi connectivity index (χ2v) is 6.13. The molecule has 2 rings (SSSR count). The zero-order chi connectivity index (χ0) is 18.2. The summed E-state index contributed by atoms with van der Waals surface area (Å²) < 4.78 is 5.22. The molecule has 0 radical (unpaired) electrons. The first-order valence-corrected chi connectivity index (χ1v) is 8.55. The normalized spacial score (nSPS) is 15.6. The zero-order valence-corrected chi connectivity index (χ0v) is 14.5. The molecule has 0 spiro atoms. The molecule has 3 N–H and O–H groups in total. The summed E-state index contributed by atoms with van der Waals surface area (Å²) in [5.74, 6) is 0.184. The van der Waals surface area contributed by atoms with E-state index in [2.05, 4.69) is 19.6 Å². The van der Waals surface area contributed by atoms with Crippen LogP contribution in [0, 0.1) is 5.92 Å². The highest BCUT2D eigenvalue weighted by molar-refractivity contribution is 5.53. The van der Waals surface area contributed by atoms with E-state index in [9.17, 15) is 15.3 Å². The highest BCUT2D eigenvalue weighted by Gasteiger charge is 2.27. The second kappa shape index (κ2) is 9.25. The van der Waals surface area contributed by atoms with Crippen molar-refractivity contribution in [1.82, 2.24) is 0 Å². The van der Waals surface area contributed by atoms with Gasteiger partial charge >= 0.3 is 0 Å². The molecule has 2 aromatic rings. The molecule has 0 amide bonds. The number of allylic oxidation sites excluding steroid dienone is 1. The molecule has 134 valence electrons. The summed E-state index contributed by atoms with van der Waals surface area (Å²) in [6.45, 7) is 5.81. The van der Waals surface area contributed by atoms with Crippen molar-refractivity contribution < 1.29 is 19.7 Å². The Hall–Kier alpha value is -2.30. The van der Waals surface area contributed by atoms with Gasteiger partial charge in [0.1, 0.15) is 17.6 Å². The number of hydrogen-bond acceptors (Lipinski definition) is 4. The summed E-state index contributed by atoms with van der Waals surface area (Å²) in [7, 11) is 0. The molecule has 25 heavy (non-hydrogen) atoms. The van der Waals surface area contributed by atoms with Gasteiger partial charge in [-0.1, -0.05) is 36.8 Å². The van der Waals surface area contributed by atoms with E-state index >= 15 is 0 Å². The third kappa shape index (κ3) is 5.34. The van der Waals surface area contributed by atoms with Crippen molar-refractivity contribution in [2.24, 2.45) is 5.92 Å². The molecule has 1 heterocycles. The van der Waals surface area contributed by atoms with E-state index in [1.807, 2.05) is 12.1 Å². The van der Waals surface area contributed by atoms with E-state index in [1.165, 1.54) is 11.8 Å². The highest BCUT2D eigenvalue weighted by atomic mass is 16.4. The zero-order valence-electron chi connectivity index (χ0n) is 14.5. The van der Waals surface area contributed by atoms with Crippen LogP contribution < -0.4 is 0 Å². The van der Waals surface area contributed by atoms with E-state index in [-0.39, 0.29) is 5.75 Å². The fraction of sp³-hybridized carbons (Fsp3) is 0.333. The lowest BCUT2D eigenvalue weighted by Gasteiger charge is -2.24. The van der Waals surface area contributed by atoms with Gasteiger partial charge in [0.15, 0.2) is 0 Å². The average Bonchev–Trinajstić information content (AvgIpc) is 3.15. The lowest BCUT2D eigenvalue weighted by molar-refractivity contribution is 0.0208. The number of hydrogen-bond donors (Lipinski definition) is 3. The van der Waals surface area contributed by atoms with Crippen molar-refractivity contribution >= 4 is 6.08 Å². The van der Waals surface area contributed by atoms with E-state index in [0.717, 1.165) is 12.0 Å². The van der Waals surface area contributed by atoms with Crippen molar-refractivity contribution in [3.63, 3.8) is 0 Å². The van der Waals surface area contributed by atoms with Crippen LogP contribution in [0.4, 0.5) is 0 Å². The van der Waals surface area contributed by atoms with Crippen LogP contribution in [0.3, 0.4) is 0 Å². The van der Waals surface area contributed by atoms with Gasteiger partial charge in [-0.15, -0.1) is 6.58 Å². The fourth-order valence-electron chi connectivity index (χ4n) is 2.83. The number of aromatic hydroxyl groups is 1. The summed E-state index contributed by atoms with van der Waals surface area (Å²) >= 11 is 0. The van der Waals surface area contributed by atoms with Gasteiger partial charge in [0.2, 0.25) is 0 Å². The Morgan fingerprint density at radius 3 is 2.48 bits per heavy atom. The van der Waals surface area contributed by atoms with E-state index in [4.69, 9.17) is 4.42 Å². The van der Waals surface area contributed by atoms with E-state index in [1.54, 1.807) is 30.3 Å². The van der Waals surface area contributed by atoms with Crippen LogP contribution >= 0.6 is 0 Å². The Labute approximate surface area is 148 Å². The Bertz CT molecular complexity index is 670. The first-order chi connectivity index (χ1) is 12.0. The molecule has 0 unspecified atom stereocenters. The molecule has 4 heteroatoms. The molecular weight excluding hydrogens is 316 g/mol. The Morgan fingerprint density at radius 1 is 1.20 bits per heavy atom. The first-order valence-electron chi connectivity index (χ1n) is 8.55. The Balaban J connectivity index is 1.99. The maximum Gasteiger partial charge on any atom is 0.132 e. The third-order valence-corrected chi connectivity index (χ3v) is 4.39. The largest absolute Gasteiger partial charge is 0.508 e. The number of aliphatic hydroxyl groups is 2. The molecule has 0 aliphatic carbocycles. The minimum Gasteiger partial charge on any atom is -0.508 e. The molecule has 0 aliphatic heterocycles. The van der Waals surface area contributed by atoms with Crippen molar-refractivity contribution in [3.05, 3.63) is 72.2 Å². The minimum atomic E-state index is -0.909. The van der Waals surface area contributed by atoms with Gasteiger partial charge in [0.25, 0.3) is 0 Å². The maximum atomic E-state index is 10.5. The van der Waals surface area contributed by atoms with Crippen LogP contribution in [0.15, 0.2) is 65.3 Å². The molecule has 4 nitrogen and oxygen atoms in total. The standard InChI is InChI=1S/C21H26O4/c1-3-15(14-16-7-10-17(22)11-8-16)9-12-19(23)18(4-2)21(24)20-6-5-13-25-20/h4-8,10-11,13-14,18-19,21-24H,2-3,9,12H2,1H3/b15-14+/t18-,19-,21+/m1/s1. The van der Waals surface area contributed by atoms with Crippen LogP contribution in [0.5, 0.6) is 5.75 Å². The van der Waals surface area contributed by atoms with Gasteiger partial charge in [-0.25, -0.2) is 0 Å². The molecule has 1 aromatic carbocycles. The predicted molar refractivity (Wildman–Crippen MR) is 99.0 cm³/mol. The van der Waals surface area contributed by atoms with E-state index < -0.39 is 18.1 Å². The van der Waals surface area contributed by atoms with Crippen LogP contribution in [0.25, 0.3) is 6.08 Å². The number of rotatable bonds is 9. The average molecular weight is 342 g/mol. The summed E-state index contributed by atoms with van der Waals surface area (Å²) in [5.41, 5.74) is 2.21. The topological polar surface area (TPSA) is 73.8 Å². The Kier molecular flexibility index (Phi) is 7.04. The van der Waals surface area contributed by atoms with Crippen molar-refractivity contribution in [2.45, 2.75) is 38.4 Å². The fourth-order valence-corrected chi connectivity index (χ4v) is 2.83. The minimum absolute atomic E-state index is 0.242. The van der Waals surface area contributed by atoms with Gasteiger partial charge < -0.3 is 19.7 Å². The lowest BCUT2D eigenvalue weighted by atomic mass is 9.90. The van der Waals surface area contributed by atoms with Crippen LogP contribution in [0.2, 0.25) is 0 Å². The second-order valence-electron chi connectivity index (χ2n) is 6.13. The van der Waals surface area contributed by atoms with Gasteiger partial charge in [-0.05, 0) is 49.1 Å². The van der Waals surface area contributed by atoms with Crippen LogP contribution in [-0.2, 0) is 0 Å². The summed E-state index contributed by atoms with van der Waals surface area (Å²) in [6, 6.07) is 10.4. The van der Waals surface area contributed by atoms with Gasteiger partial charge in [0.05, 0.1) is 12.4 Å². The highest BCUT2D eigenvalue weighted by Crippen LogP contribution is 2.29.